The van der Waals surface area contributed by atoms with Crippen molar-refractivity contribution in [1.82, 2.24) is 35.1 Å². The smallest absolute Gasteiger partial charge is 0.160 e. The van der Waals surface area contributed by atoms with Gasteiger partial charge in [0.05, 0.1) is 79.5 Å². The number of fused-ring (bicyclic) bond motifs is 5. The predicted molar refractivity (Wildman–Crippen MR) is 332 cm³/mol. The van der Waals surface area contributed by atoms with Crippen LogP contribution in [0, 0.1) is 19.4 Å². The van der Waals surface area contributed by atoms with Gasteiger partial charge in [-0.25, -0.2) is 24.9 Å². The SMILES string of the molecule is C#CN(C)Cc1ccc2c(Cl)cc(Cl)c(O)c2n1.CN=Cc1ccc2c(Cl)cc(Cl)c(O)c2n1.CN=Cc1ccc2c(Cl)cc(Cl)c(O)c2n1.CNCc1ccc2c(Cl)cc(Cl)c(O)c2n1.Cc1ccc2c(Cl)cc(Cl)c(O)c2n1. The highest BCUT2D eigenvalue weighted by Crippen LogP contribution is 2.40. The number of rotatable bonds is 6. The van der Waals surface area contributed by atoms with Gasteiger partial charge in [-0.05, 0) is 105 Å². The second-order valence-electron chi connectivity index (χ2n) is 16.7. The molecule has 0 fully saturated rings. The van der Waals surface area contributed by atoms with E-state index in [0.29, 0.717) is 104 Å². The molecule has 0 bridgehead atoms. The Labute approximate surface area is 508 Å². The number of aryl methyl sites for hydroxylation is 1. The molecule has 80 heavy (non-hydrogen) atoms. The molecule has 5 aromatic carbocycles. The third-order valence-corrected chi connectivity index (χ3v) is 14.1. The first-order chi connectivity index (χ1) is 38.0. The maximum absolute atomic E-state index is 9.89. The zero-order valence-corrected chi connectivity index (χ0v) is 50.0. The van der Waals surface area contributed by atoms with Gasteiger partial charge in [-0.1, -0.05) is 122 Å². The van der Waals surface area contributed by atoms with E-state index in [-0.39, 0.29) is 53.9 Å². The van der Waals surface area contributed by atoms with Crippen LogP contribution in [-0.4, -0.2) is 96.0 Å². The normalized spacial score (nSPS) is 11.0. The minimum absolute atomic E-state index is 0.0187. The summed E-state index contributed by atoms with van der Waals surface area (Å²) < 4.78 is 0. The van der Waals surface area contributed by atoms with E-state index in [4.69, 9.17) is 122 Å². The van der Waals surface area contributed by atoms with Crippen molar-refractivity contribution in [1.29, 1.82) is 0 Å². The number of terminal acetylenes is 1. The number of phenols is 5. The fourth-order valence-corrected chi connectivity index (χ4v) is 9.87. The van der Waals surface area contributed by atoms with Gasteiger partial charge in [-0.2, -0.15) is 0 Å². The van der Waals surface area contributed by atoms with Gasteiger partial charge in [-0.15, -0.1) is 0 Å². The first-order valence-electron chi connectivity index (χ1n) is 23.0. The number of hydrogen-bond acceptors (Lipinski definition) is 14. The average molecular weight is 1280 g/mol. The Morgan fingerprint density at radius 3 is 1.10 bits per heavy atom. The Morgan fingerprint density at radius 2 is 0.762 bits per heavy atom. The third kappa shape index (κ3) is 15.2. The molecular weight excluding hydrogens is 1230 g/mol. The quantitative estimate of drug-likeness (QED) is 0.0523. The molecule has 412 valence electrons. The monoisotopic (exact) mass is 1270 g/mol. The number of nitrogens with one attached hydrogen (secondary N) is 1. The van der Waals surface area contributed by atoms with Gasteiger partial charge in [-0.3, -0.25) is 9.98 Å². The number of nitrogens with zero attached hydrogens (tertiary/aromatic N) is 8. The van der Waals surface area contributed by atoms with Crippen LogP contribution in [0.25, 0.3) is 54.5 Å². The Balaban J connectivity index is 0.000000162. The summed E-state index contributed by atoms with van der Waals surface area (Å²) >= 11 is 59.1. The van der Waals surface area contributed by atoms with Gasteiger partial charge in [0.2, 0.25) is 0 Å². The zero-order chi connectivity index (χ0) is 58.7. The summed E-state index contributed by atoms with van der Waals surface area (Å²) in [6, 6.07) is 28.0. The molecule has 0 atom stereocenters. The molecule has 0 aliphatic carbocycles. The lowest BCUT2D eigenvalue weighted by Gasteiger charge is -2.11. The summed E-state index contributed by atoms with van der Waals surface area (Å²) in [5.74, 6) is -0.241. The number of hydrogen-bond donors (Lipinski definition) is 6. The number of phenolic OH excluding ortho intramolecular Hbond substituents is 5. The van der Waals surface area contributed by atoms with Crippen molar-refractivity contribution in [3.8, 4) is 41.2 Å². The van der Waals surface area contributed by atoms with Gasteiger partial charge in [0, 0.05) is 78.8 Å². The number of aromatic hydroxyl groups is 5. The summed E-state index contributed by atoms with van der Waals surface area (Å²) in [5.41, 5.74) is 5.69. The summed E-state index contributed by atoms with van der Waals surface area (Å²) in [4.78, 5) is 30.6. The van der Waals surface area contributed by atoms with E-state index in [1.165, 1.54) is 30.3 Å². The highest BCUT2D eigenvalue weighted by Gasteiger charge is 2.15. The van der Waals surface area contributed by atoms with Crippen molar-refractivity contribution in [3.05, 3.63) is 170 Å². The molecule has 10 aromatic rings. The van der Waals surface area contributed by atoms with Crippen LogP contribution >= 0.6 is 116 Å². The minimum Gasteiger partial charge on any atom is -0.504 e. The molecule has 10 rings (SSSR count). The van der Waals surface area contributed by atoms with E-state index in [2.05, 4.69) is 46.3 Å². The highest BCUT2D eigenvalue weighted by atomic mass is 35.5. The molecule has 0 saturated carbocycles. The number of aliphatic imine (C=N–C) groups is 2. The molecular formula is C56H43Cl10N9O5. The Kier molecular flexibility index (Phi) is 22.3. The standard InChI is InChI=1S/C13H10Cl2N2O.C11H10Cl2N2O.2C11H8Cl2N2O.C10H7Cl2NO/c1-3-17(2)7-8-4-5-9-10(14)6-11(15)13(18)12(9)16-8;3*1-14-5-6-2-3-7-8(12)4-9(13)11(16)10(7)15-6;1-5-2-3-6-7(11)4-8(12)10(14)9(6)13-5/h1,4-6,18H,7H2,2H3;2-4,14,16H,5H2,1H3;2*2-5,16H,1H3;2-4,14H,1H3. The molecule has 0 radical (unpaired) electrons. The number of aromatic nitrogens is 5. The highest BCUT2D eigenvalue weighted by molar-refractivity contribution is 6.42. The minimum atomic E-state index is -0.0683. The second kappa shape index (κ2) is 28.4. The van der Waals surface area contributed by atoms with E-state index in [0.717, 1.165) is 17.1 Å². The molecule has 6 N–H and O–H groups in total. The maximum atomic E-state index is 9.89. The van der Waals surface area contributed by atoms with Crippen molar-refractivity contribution >= 4 is 183 Å². The molecule has 5 aromatic heterocycles. The first kappa shape index (κ1) is 62.9. The number of halogens is 10. The van der Waals surface area contributed by atoms with Gasteiger partial charge >= 0.3 is 0 Å². The lowest BCUT2D eigenvalue weighted by atomic mass is 10.2. The molecule has 0 spiro atoms. The number of benzene rings is 5. The van der Waals surface area contributed by atoms with Gasteiger partial charge in [0.25, 0.3) is 0 Å². The van der Waals surface area contributed by atoms with E-state index in [1.807, 2.05) is 44.3 Å². The van der Waals surface area contributed by atoms with E-state index >= 15 is 0 Å². The van der Waals surface area contributed by atoms with Gasteiger partial charge in [0.15, 0.2) is 28.7 Å². The van der Waals surface area contributed by atoms with Crippen LogP contribution in [0.2, 0.25) is 50.2 Å². The molecule has 0 aliphatic heterocycles. The molecule has 5 heterocycles. The van der Waals surface area contributed by atoms with Crippen molar-refractivity contribution in [2.24, 2.45) is 9.98 Å². The van der Waals surface area contributed by atoms with E-state index < -0.39 is 0 Å². The average Bonchev–Trinajstić information content (AvgIpc) is 3.44. The van der Waals surface area contributed by atoms with Crippen molar-refractivity contribution in [2.45, 2.75) is 20.0 Å². The van der Waals surface area contributed by atoms with Crippen LogP contribution in [0.5, 0.6) is 28.7 Å². The fraction of sp³-hybridized carbons (Fsp3) is 0.125. The summed E-state index contributed by atoms with van der Waals surface area (Å²) in [6.45, 7) is 2.95. The zero-order valence-electron chi connectivity index (χ0n) is 42.4. The predicted octanol–water partition coefficient (Wildman–Crippen LogP) is 16.4. The largest absolute Gasteiger partial charge is 0.504 e. The van der Waals surface area contributed by atoms with Crippen LogP contribution < -0.4 is 5.32 Å². The molecule has 0 saturated heterocycles. The van der Waals surface area contributed by atoms with Crippen LogP contribution in [0.3, 0.4) is 0 Å². The maximum Gasteiger partial charge on any atom is 0.160 e. The van der Waals surface area contributed by atoms with Crippen molar-refractivity contribution in [3.63, 3.8) is 0 Å². The molecule has 0 amide bonds. The van der Waals surface area contributed by atoms with Crippen molar-refractivity contribution < 1.29 is 25.5 Å². The fourth-order valence-electron chi connectivity index (χ4n) is 7.29. The van der Waals surface area contributed by atoms with Gasteiger partial charge in [0.1, 0.15) is 27.6 Å². The topological polar surface area (TPSA) is 206 Å². The van der Waals surface area contributed by atoms with E-state index in [1.54, 1.807) is 68.8 Å². The molecule has 0 unspecified atom stereocenters. The summed E-state index contributed by atoms with van der Waals surface area (Å²) in [7, 11) is 6.90. The van der Waals surface area contributed by atoms with Crippen LogP contribution in [0.4, 0.5) is 0 Å². The van der Waals surface area contributed by atoms with Gasteiger partial charge < -0.3 is 35.7 Å². The molecule has 14 nitrogen and oxygen atoms in total. The van der Waals surface area contributed by atoms with Crippen molar-refractivity contribution in [2.75, 3.05) is 28.2 Å². The second-order valence-corrected chi connectivity index (χ2v) is 20.8. The number of pyridine rings is 5. The molecule has 0 aliphatic rings. The summed E-state index contributed by atoms with van der Waals surface area (Å²) in [6.07, 6.45) is 8.45. The Bertz CT molecular complexity index is 3970. The molecule has 24 heteroatoms. The third-order valence-electron chi connectivity index (χ3n) is 11.1. The van der Waals surface area contributed by atoms with Crippen LogP contribution in [0.15, 0.2) is 101 Å². The Morgan fingerprint density at radius 1 is 0.463 bits per heavy atom. The first-order valence-corrected chi connectivity index (χ1v) is 26.8. The van der Waals surface area contributed by atoms with Crippen LogP contribution in [-0.2, 0) is 13.1 Å². The van der Waals surface area contributed by atoms with Crippen LogP contribution in [0.1, 0.15) is 28.5 Å². The lowest BCUT2D eigenvalue weighted by molar-refractivity contribution is 0.468. The van der Waals surface area contributed by atoms with E-state index in [9.17, 15) is 25.5 Å². The lowest BCUT2D eigenvalue weighted by Crippen LogP contribution is -2.11. The Hall–Kier alpha value is -6.29. The summed E-state index contributed by atoms with van der Waals surface area (Å²) in [5, 5.41) is 58.6.